The molecule has 2 rings (SSSR count). The van der Waals surface area contributed by atoms with Crippen LogP contribution in [0.1, 0.15) is 16.1 Å². The first kappa shape index (κ1) is 12.9. The lowest BCUT2D eigenvalue weighted by molar-refractivity contribution is 0.102. The van der Waals surface area contributed by atoms with Gasteiger partial charge in [-0.3, -0.25) is 9.78 Å². The van der Waals surface area contributed by atoms with Crippen LogP contribution in [0.4, 0.5) is 11.4 Å². The lowest BCUT2D eigenvalue weighted by Gasteiger charge is -2.11. The van der Waals surface area contributed by atoms with Gasteiger partial charge in [-0.1, -0.05) is 6.07 Å². The Balaban J connectivity index is 2.27. The lowest BCUT2D eigenvalue weighted by atomic mass is 10.1. The zero-order valence-corrected chi connectivity index (χ0v) is 10.8. The number of nitrogens with two attached hydrogens (primary N) is 1. The van der Waals surface area contributed by atoms with Crippen molar-refractivity contribution in [2.24, 2.45) is 0 Å². The van der Waals surface area contributed by atoms with E-state index in [0.717, 1.165) is 5.69 Å². The zero-order chi connectivity index (χ0) is 13.8. The highest BCUT2D eigenvalue weighted by Crippen LogP contribution is 2.25. The molecule has 0 radical (unpaired) electrons. The second-order valence-electron chi connectivity index (χ2n) is 4.07. The minimum absolute atomic E-state index is 0.319. The SMILES string of the molecule is COc1cccc(N)c1C(=O)Nc1ccc(C)nc1. The average Bonchev–Trinajstić information content (AvgIpc) is 2.40. The summed E-state index contributed by atoms with van der Waals surface area (Å²) >= 11 is 0. The number of nitrogens with zero attached hydrogens (tertiary/aromatic N) is 1. The van der Waals surface area contributed by atoms with Crippen molar-refractivity contribution in [2.45, 2.75) is 6.92 Å². The minimum Gasteiger partial charge on any atom is -0.496 e. The molecule has 1 aromatic heterocycles. The molecule has 0 fully saturated rings. The number of carbonyl (C=O) groups excluding carboxylic acids is 1. The summed E-state index contributed by atoms with van der Waals surface area (Å²) in [5, 5.41) is 2.74. The van der Waals surface area contributed by atoms with Gasteiger partial charge in [0, 0.05) is 11.4 Å². The van der Waals surface area contributed by atoms with Gasteiger partial charge in [0.15, 0.2) is 0 Å². The number of nitrogens with one attached hydrogen (secondary N) is 1. The van der Waals surface area contributed by atoms with E-state index in [4.69, 9.17) is 10.5 Å². The molecule has 0 unspecified atom stereocenters. The van der Waals surface area contributed by atoms with Crippen molar-refractivity contribution < 1.29 is 9.53 Å². The topological polar surface area (TPSA) is 77.2 Å². The van der Waals surface area contributed by atoms with Crippen LogP contribution in [-0.4, -0.2) is 18.0 Å². The van der Waals surface area contributed by atoms with Gasteiger partial charge < -0.3 is 15.8 Å². The molecule has 19 heavy (non-hydrogen) atoms. The quantitative estimate of drug-likeness (QED) is 0.827. The number of aromatic nitrogens is 1. The van der Waals surface area contributed by atoms with Crippen LogP contribution in [0.5, 0.6) is 5.75 Å². The van der Waals surface area contributed by atoms with Crippen molar-refractivity contribution in [1.29, 1.82) is 0 Å². The molecule has 0 aliphatic carbocycles. The first-order chi connectivity index (χ1) is 9.11. The van der Waals surface area contributed by atoms with E-state index in [9.17, 15) is 4.79 Å². The van der Waals surface area contributed by atoms with E-state index in [2.05, 4.69) is 10.3 Å². The lowest BCUT2D eigenvalue weighted by Crippen LogP contribution is -2.15. The van der Waals surface area contributed by atoms with Gasteiger partial charge in [0.05, 0.1) is 19.0 Å². The van der Waals surface area contributed by atoms with Crippen molar-refractivity contribution in [2.75, 3.05) is 18.2 Å². The number of carbonyl (C=O) groups is 1. The first-order valence-electron chi connectivity index (χ1n) is 5.78. The first-order valence-corrected chi connectivity index (χ1v) is 5.78. The number of nitrogen functional groups attached to an aromatic ring is 1. The molecule has 3 N–H and O–H groups in total. The van der Waals surface area contributed by atoms with E-state index in [1.165, 1.54) is 7.11 Å². The number of pyridine rings is 1. The summed E-state index contributed by atoms with van der Waals surface area (Å²) < 4.78 is 5.15. The maximum atomic E-state index is 12.2. The third-order valence-electron chi connectivity index (χ3n) is 2.67. The van der Waals surface area contributed by atoms with E-state index >= 15 is 0 Å². The molecule has 5 heteroatoms. The number of benzene rings is 1. The summed E-state index contributed by atoms with van der Waals surface area (Å²) in [6, 6.07) is 8.69. The average molecular weight is 257 g/mol. The summed E-state index contributed by atoms with van der Waals surface area (Å²) in [4.78, 5) is 16.3. The predicted octanol–water partition coefficient (Wildman–Crippen LogP) is 2.23. The Kier molecular flexibility index (Phi) is 3.66. The molecule has 0 spiro atoms. The zero-order valence-electron chi connectivity index (χ0n) is 10.8. The van der Waals surface area contributed by atoms with Gasteiger partial charge in [0.25, 0.3) is 5.91 Å². The molecule has 1 amide bonds. The van der Waals surface area contributed by atoms with Gasteiger partial charge in [0.1, 0.15) is 11.3 Å². The highest BCUT2D eigenvalue weighted by molar-refractivity contribution is 6.09. The van der Waals surface area contributed by atoms with Crippen LogP contribution in [0.15, 0.2) is 36.5 Å². The second kappa shape index (κ2) is 5.39. The standard InChI is InChI=1S/C14H15N3O2/c1-9-6-7-10(8-16-9)17-14(18)13-11(15)4-3-5-12(13)19-2/h3-8H,15H2,1-2H3,(H,17,18). The fraction of sp³-hybridized carbons (Fsp3) is 0.143. The van der Waals surface area contributed by atoms with Crippen LogP contribution < -0.4 is 15.8 Å². The monoisotopic (exact) mass is 257 g/mol. The van der Waals surface area contributed by atoms with Crippen LogP contribution in [0.25, 0.3) is 0 Å². The Bertz CT molecular complexity index is 594. The van der Waals surface area contributed by atoms with Crippen molar-refractivity contribution in [3.8, 4) is 5.75 Å². The molecule has 0 bridgehead atoms. The highest BCUT2D eigenvalue weighted by atomic mass is 16.5. The molecule has 98 valence electrons. The van der Waals surface area contributed by atoms with Crippen molar-refractivity contribution >= 4 is 17.3 Å². The Labute approximate surface area is 111 Å². The van der Waals surface area contributed by atoms with E-state index in [0.29, 0.717) is 22.7 Å². The second-order valence-corrected chi connectivity index (χ2v) is 4.07. The van der Waals surface area contributed by atoms with Crippen LogP contribution >= 0.6 is 0 Å². The number of hydrogen-bond acceptors (Lipinski definition) is 4. The fourth-order valence-corrected chi connectivity index (χ4v) is 1.70. The summed E-state index contributed by atoms with van der Waals surface area (Å²) in [6.45, 7) is 1.88. The largest absolute Gasteiger partial charge is 0.496 e. The summed E-state index contributed by atoms with van der Waals surface area (Å²) in [5.41, 5.74) is 8.01. The number of ether oxygens (including phenoxy) is 1. The molecule has 0 aliphatic heterocycles. The van der Waals surface area contributed by atoms with Gasteiger partial charge >= 0.3 is 0 Å². The van der Waals surface area contributed by atoms with Gasteiger partial charge in [-0.2, -0.15) is 0 Å². The van der Waals surface area contributed by atoms with Gasteiger partial charge in [-0.05, 0) is 31.2 Å². The normalized spacial score (nSPS) is 10.0. The third kappa shape index (κ3) is 2.82. The van der Waals surface area contributed by atoms with Crippen LogP contribution in [-0.2, 0) is 0 Å². The summed E-state index contributed by atoms with van der Waals surface area (Å²) in [7, 11) is 1.50. The molecule has 0 aliphatic rings. The Hall–Kier alpha value is -2.56. The summed E-state index contributed by atoms with van der Waals surface area (Å²) in [5.74, 6) is 0.123. The minimum atomic E-state index is -0.319. The number of anilines is 2. The molecular formula is C14H15N3O2. The Morgan fingerprint density at radius 1 is 1.32 bits per heavy atom. The predicted molar refractivity (Wildman–Crippen MR) is 74.3 cm³/mol. The molecule has 1 aromatic carbocycles. The highest BCUT2D eigenvalue weighted by Gasteiger charge is 2.15. The van der Waals surface area contributed by atoms with Gasteiger partial charge in [-0.25, -0.2) is 0 Å². The third-order valence-corrected chi connectivity index (χ3v) is 2.67. The van der Waals surface area contributed by atoms with E-state index < -0.39 is 0 Å². The number of aryl methyl sites for hydroxylation is 1. The molecule has 1 heterocycles. The van der Waals surface area contributed by atoms with E-state index in [1.54, 1.807) is 30.5 Å². The van der Waals surface area contributed by atoms with Crippen molar-refractivity contribution in [1.82, 2.24) is 4.98 Å². The number of rotatable bonds is 3. The number of hydrogen-bond donors (Lipinski definition) is 2. The van der Waals surface area contributed by atoms with E-state index in [-0.39, 0.29) is 5.91 Å². The fourth-order valence-electron chi connectivity index (χ4n) is 1.70. The van der Waals surface area contributed by atoms with Crippen molar-refractivity contribution in [3.63, 3.8) is 0 Å². The Morgan fingerprint density at radius 3 is 2.74 bits per heavy atom. The van der Waals surface area contributed by atoms with E-state index in [1.807, 2.05) is 13.0 Å². The molecular weight excluding hydrogens is 242 g/mol. The van der Waals surface area contributed by atoms with Crippen LogP contribution in [0, 0.1) is 6.92 Å². The Morgan fingerprint density at radius 2 is 2.11 bits per heavy atom. The molecule has 0 atom stereocenters. The smallest absolute Gasteiger partial charge is 0.261 e. The van der Waals surface area contributed by atoms with Crippen LogP contribution in [0.2, 0.25) is 0 Å². The number of amides is 1. The van der Waals surface area contributed by atoms with Gasteiger partial charge in [-0.15, -0.1) is 0 Å². The molecule has 0 saturated carbocycles. The van der Waals surface area contributed by atoms with Crippen LogP contribution in [0.3, 0.4) is 0 Å². The van der Waals surface area contributed by atoms with Gasteiger partial charge in [0.2, 0.25) is 0 Å². The number of methoxy groups -OCH3 is 1. The maximum Gasteiger partial charge on any atom is 0.261 e. The van der Waals surface area contributed by atoms with Crippen molar-refractivity contribution in [3.05, 3.63) is 47.8 Å². The molecule has 0 saturated heterocycles. The maximum absolute atomic E-state index is 12.2. The summed E-state index contributed by atoms with van der Waals surface area (Å²) in [6.07, 6.45) is 1.60. The molecule has 2 aromatic rings. The molecule has 5 nitrogen and oxygen atoms in total.